The predicted molar refractivity (Wildman–Crippen MR) is 119 cm³/mol. The zero-order chi connectivity index (χ0) is 20.8. The Labute approximate surface area is 177 Å². The largest absolute Gasteiger partial charge is 0.320 e. The molecule has 2 aromatic carbocycles. The molecule has 0 radical (unpaired) electrons. The van der Waals surface area contributed by atoms with Gasteiger partial charge in [-0.1, -0.05) is 35.9 Å². The highest BCUT2D eigenvalue weighted by molar-refractivity contribution is 6.53. The van der Waals surface area contributed by atoms with E-state index < -0.39 is 0 Å². The highest BCUT2D eigenvalue weighted by Crippen LogP contribution is 2.32. The van der Waals surface area contributed by atoms with Crippen LogP contribution < -0.4 is 10.7 Å². The van der Waals surface area contributed by atoms with Crippen LogP contribution in [0.5, 0.6) is 0 Å². The number of carbonyl (C=O) groups excluding carboxylic acids is 1. The summed E-state index contributed by atoms with van der Waals surface area (Å²) >= 11 is 6.20. The number of amides is 1. The van der Waals surface area contributed by atoms with E-state index in [0.717, 1.165) is 39.2 Å². The molecule has 3 heterocycles. The number of rotatable bonds is 3. The fraction of sp³-hybridized carbons (Fsp3) is 0.0909. The SMILES string of the molecule is Cc1c(C)n(-c2cccc(Cl)c2)c2ncnc(N/N=C3\C(=O)Nc4ccccc43)c12. The molecule has 1 aliphatic rings. The van der Waals surface area contributed by atoms with Gasteiger partial charge in [-0.05, 0) is 43.7 Å². The average molecular weight is 417 g/mol. The van der Waals surface area contributed by atoms with Crippen LogP contribution in [0, 0.1) is 13.8 Å². The number of para-hydroxylation sites is 1. The molecule has 0 unspecified atom stereocenters. The summed E-state index contributed by atoms with van der Waals surface area (Å²) in [4.78, 5) is 21.2. The Bertz CT molecular complexity index is 1360. The van der Waals surface area contributed by atoms with E-state index in [1.807, 2.05) is 66.9 Å². The molecule has 0 atom stereocenters. The highest BCUT2D eigenvalue weighted by Gasteiger charge is 2.26. The number of anilines is 2. The Morgan fingerprint density at radius 1 is 1.10 bits per heavy atom. The van der Waals surface area contributed by atoms with Crippen molar-refractivity contribution >= 4 is 45.8 Å². The van der Waals surface area contributed by atoms with Crippen molar-refractivity contribution in [2.24, 2.45) is 5.10 Å². The zero-order valence-electron chi connectivity index (χ0n) is 16.3. The summed E-state index contributed by atoms with van der Waals surface area (Å²) in [5, 5.41) is 8.67. The number of aromatic nitrogens is 3. The molecule has 5 rings (SSSR count). The molecule has 148 valence electrons. The molecule has 8 heteroatoms. The van der Waals surface area contributed by atoms with Crippen molar-refractivity contribution < 1.29 is 4.79 Å². The average Bonchev–Trinajstić information content (AvgIpc) is 3.20. The van der Waals surface area contributed by atoms with E-state index in [9.17, 15) is 4.79 Å². The summed E-state index contributed by atoms with van der Waals surface area (Å²) in [6.07, 6.45) is 1.48. The molecular weight excluding hydrogens is 400 g/mol. The molecule has 1 aliphatic heterocycles. The molecule has 0 aliphatic carbocycles. The van der Waals surface area contributed by atoms with Crippen molar-refractivity contribution in [1.82, 2.24) is 14.5 Å². The van der Waals surface area contributed by atoms with Gasteiger partial charge in [0.15, 0.2) is 17.2 Å². The van der Waals surface area contributed by atoms with Crippen molar-refractivity contribution in [3.05, 3.63) is 76.7 Å². The van der Waals surface area contributed by atoms with E-state index in [4.69, 9.17) is 11.6 Å². The summed E-state index contributed by atoms with van der Waals surface area (Å²) in [7, 11) is 0. The van der Waals surface area contributed by atoms with Crippen molar-refractivity contribution in [2.75, 3.05) is 10.7 Å². The van der Waals surface area contributed by atoms with Crippen LogP contribution in [0.1, 0.15) is 16.8 Å². The molecule has 0 spiro atoms. The van der Waals surface area contributed by atoms with Crippen molar-refractivity contribution in [1.29, 1.82) is 0 Å². The molecule has 1 amide bonds. The Balaban J connectivity index is 1.62. The van der Waals surface area contributed by atoms with E-state index in [1.54, 1.807) is 0 Å². The van der Waals surface area contributed by atoms with E-state index in [1.165, 1.54) is 6.33 Å². The van der Waals surface area contributed by atoms with Gasteiger partial charge in [0.25, 0.3) is 5.91 Å². The van der Waals surface area contributed by atoms with Crippen LogP contribution in [0.15, 0.2) is 60.0 Å². The summed E-state index contributed by atoms with van der Waals surface area (Å²) < 4.78 is 2.04. The zero-order valence-corrected chi connectivity index (χ0v) is 17.0. The molecule has 2 aromatic heterocycles. The van der Waals surface area contributed by atoms with E-state index in [-0.39, 0.29) is 5.91 Å². The maximum Gasteiger partial charge on any atom is 0.276 e. The summed E-state index contributed by atoms with van der Waals surface area (Å²) in [6.45, 7) is 4.03. The number of hydrogen-bond donors (Lipinski definition) is 2. The lowest BCUT2D eigenvalue weighted by Crippen LogP contribution is -2.16. The quantitative estimate of drug-likeness (QED) is 0.483. The second kappa shape index (κ2) is 6.96. The van der Waals surface area contributed by atoms with Gasteiger partial charge in [0.05, 0.1) is 11.1 Å². The molecule has 30 heavy (non-hydrogen) atoms. The minimum Gasteiger partial charge on any atom is -0.320 e. The Morgan fingerprint density at radius 3 is 2.77 bits per heavy atom. The lowest BCUT2D eigenvalue weighted by atomic mass is 10.1. The smallest absolute Gasteiger partial charge is 0.276 e. The van der Waals surface area contributed by atoms with Gasteiger partial charge in [0.1, 0.15) is 6.33 Å². The van der Waals surface area contributed by atoms with Crippen LogP contribution in [-0.2, 0) is 4.79 Å². The predicted octanol–water partition coefficient (Wildman–Crippen LogP) is 4.46. The minimum absolute atomic E-state index is 0.251. The molecule has 2 N–H and O–H groups in total. The standard InChI is InChI=1S/C22H17ClN6O/c1-12-13(2)29(15-7-5-6-14(23)10-15)21-18(12)20(24-11-25-21)28-27-19-16-8-3-4-9-17(16)26-22(19)30/h3-11H,1-2H3,(H,24,25,28)(H,26,27,30). The van der Waals surface area contributed by atoms with Gasteiger partial charge in [0.2, 0.25) is 0 Å². The molecule has 0 fully saturated rings. The number of aryl methyl sites for hydroxylation is 1. The topological polar surface area (TPSA) is 84.2 Å². The van der Waals surface area contributed by atoms with Crippen LogP contribution in [0.2, 0.25) is 5.02 Å². The first-order valence-corrected chi connectivity index (χ1v) is 9.75. The Hall–Kier alpha value is -3.71. The number of nitrogens with zero attached hydrogens (tertiary/aromatic N) is 4. The van der Waals surface area contributed by atoms with Gasteiger partial charge in [-0.2, -0.15) is 5.10 Å². The lowest BCUT2D eigenvalue weighted by molar-refractivity contribution is -0.110. The number of hydrogen-bond acceptors (Lipinski definition) is 5. The maximum atomic E-state index is 12.3. The van der Waals surface area contributed by atoms with Crippen molar-refractivity contribution in [3.8, 4) is 5.69 Å². The summed E-state index contributed by atoms with van der Waals surface area (Å²) in [5.41, 5.74) is 8.49. The van der Waals surface area contributed by atoms with E-state index in [0.29, 0.717) is 16.6 Å². The Kier molecular flexibility index (Phi) is 4.25. The summed E-state index contributed by atoms with van der Waals surface area (Å²) in [5.74, 6) is 0.282. The molecule has 0 saturated carbocycles. The van der Waals surface area contributed by atoms with Gasteiger partial charge < -0.3 is 5.32 Å². The fourth-order valence-corrected chi connectivity index (χ4v) is 3.92. The third kappa shape index (κ3) is 2.83. The second-order valence-electron chi connectivity index (χ2n) is 7.02. The van der Waals surface area contributed by atoms with Crippen LogP contribution in [0.25, 0.3) is 16.7 Å². The number of nitrogens with one attached hydrogen (secondary N) is 2. The lowest BCUT2D eigenvalue weighted by Gasteiger charge is -2.08. The number of carbonyl (C=O) groups is 1. The normalized spacial score (nSPS) is 14.2. The number of benzene rings is 2. The van der Waals surface area contributed by atoms with Gasteiger partial charge in [-0.3, -0.25) is 14.8 Å². The third-order valence-corrected chi connectivity index (χ3v) is 5.51. The first kappa shape index (κ1) is 18.3. The highest BCUT2D eigenvalue weighted by atomic mass is 35.5. The van der Waals surface area contributed by atoms with Crippen molar-refractivity contribution in [3.63, 3.8) is 0 Å². The Morgan fingerprint density at radius 2 is 1.93 bits per heavy atom. The van der Waals surface area contributed by atoms with Crippen LogP contribution in [0.4, 0.5) is 11.5 Å². The fourth-order valence-electron chi connectivity index (χ4n) is 3.74. The number of halogens is 1. The molecule has 0 saturated heterocycles. The molecule has 0 bridgehead atoms. The molecular formula is C22H17ClN6O. The monoisotopic (exact) mass is 416 g/mol. The van der Waals surface area contributed by atoms with Gasteiger partial charge in [0, 0.05) is 22.0 Å². The number of hydrazone groups is 1. The molecule has 4 aromatic rings. The van der Waals surface area contributed by atoms with E-state index in [2.05, 4.69) is 25.8 Å². The van der Waals surface area contributed by atoms with Crippen LogP contribution in [-0.4, -0.2) is 26.2 Å². The second-order valence-corrected chi connectivity index (χ2v) is 7.45. The first-order valence-electron chi connectivity index (χ1n) is 9.37. The van der Waals surface area contributed by atoms with Crippen molar-refractivity contribution in [2.45, 2.75) is 13.8 Å². The minimum atomic E-state index is -0.251. The van der Waals surface area contributed by atoms with Gasteiger partial charge >= 0.3 is 0 Å². The first-order chi connectivity index (χ1) is 14.5. The third-order valence-electron chi connectivity index (χ3n) is 5.28. The summed E-state index contributed by atoms with van der Waals surface area (Å²) in [6, 6.07) is 15.0. The molecule has 7 nitrogen and oxygen atoms in total. The van der Waals surface area contributed by atoms with Crippen LogP contribution in [0.3, 0.4) is 0 Å². The number of fused-ring (bicyclic) bond motifs is 2. The van der Waals surface area contributed by atoms with Gasteiger partial charge in [-0.25, -0.2) is 9.97 Å². The van der Waals surface area contributed by atoms with Gasteiger partial charge in [-0.15, -0.1) is 0 Å². The maximum absolute atomic E-state index is 12.3. The van der Waals surface area contributed by atoms with E-state index >= 15 is 0 Å². The van der Waals surface area contributed by atoms with Crippen LogP contribution >= 0.6 is 11.6 Å².